The van der Waals surface area contributed by atoms with Gasteiger partial charge in [-0.15, -0.1) is 0 Å². The number of carbonyl (C=O) groups is 2. The van der Waals surface area contributed by atoms with Crippen LogP contribution in [-0.2, 0) is 25.5 Å². The van der Waals surface area contributed by atoms with Gasteiger partial charge >= 0.3 is 11.9 Å². The maximum absolute atomic E-state index is 11.7. The predicted octanol–water partition coefficient (Wildman–Crippen LogP) is 1.06. The molecule has 22 heavy (non-hydrogen) atoms. The molecule has 1 aliphatic rings. The van der Waals surface area contributed by atoms with Crippen LogP contribution in [0.4, 0.5) is 0 Å². The zero-order valence-corrected chi connectivity index (χ0v) is 12.8. The van der Waals surface area contributed by atoms with Crippen LogP contribution in [-0.4, -0.2) is 43.7 Å². The van der Waals surface area contributed by atoms with Crippen molar-refractivity contribution >= 4 is 11.9 Å². The van der Waals surface area contributed by atoms with E-state index in [9.17, 15) is 9.59 Å². The van der Waals surface area contributed by atoms with Crippen molar-refractivity contribution < 1.29 is 33.6 Å². The summed E-state index contributed by atoms with van der Waals surface area (Å²) in [7, 11) is 1.00. The van der Waals surface area contributed by atoms with Gasteiger partial charge in [0.15, 0.2) is 17.6 Å². The quantitative estimate of drug-likeness (QED) is 0.813. The number of aliphatic hydroxyl groups excluding tert-OH is 1. The van der Waals surface area contributed by atoms with Gasteiger partial charge in [-0.2, -0.15) is 0 Å². The first-order valence-electron chi connectivity index (χ1n) is 6.79. The van der Waals surface area contributed by atoms with Crippen molar-refractivity contribution in [1.29, 1.82) is 0 Å². The Kier molecular flexibility index (Phi) is 7.18. The van der Waals surface area contributed by atoms with Crippen LogP contribution >= 0.6 is 0 Å². The van der Waals surface area contributed by atoms with Gasteiger partial charge in [0.05, 0.1) is 13.0 Å². The van der Waals surface area contributed by atoms with Crippen LogP contribution in [0.25, 0.3) is 0 Å². The average molecular weight is 312 g/mol. The predicted molar refractivity (Wildman–Crippen MR) is 76.6 cm³/mol. The lowest BCUT2D eigenvalue weighted by Crippen LogP contribution is -2.27. The molecule has 1 aromatic carbocycles. The van der Waals surface area contributed by atoms with Gasteiger partial charge in [-0.3, -0.25) is 4.79 Å². The van der Waals surface area contributed by atoms with Gasteiger partial charge in [0, 0.05) is 7.11 Å². The smallest absolute Gasteiger partial charge is 0.347 e. The Morgan fingerprint density at radius 1 is 1.27 bits per heavy atom. The number of ether oxygens (including phenoxy) is 4. The summed E-state index contributed by atoms with van der Waals surface area (Å²) in [5.74, 6) is 0.215. The summed E-state index contributed by atoms with van der Waals surface area (Å²) < 4.78 is 20.2. The molecule has 2 rings (SSSR count). The molecule has 0 saturated heterocycles. The molecule has 1 atom stereocenters. The molecule has 0 aliphatic carbocycles. The summed E-state index contributed by atoms with van der Waals surface area (Å²) in [5, 5.41) is 7.00. The van der Waals surface area contributed by atoms with Crippen molar-refractivity contribution in [2.75, 3.05) is 20.5 Å². The van der Waals surface area contributed by atoms with Crippen molar-refractivity contribution in [1.82, 2.24) is 0 Å². The molecule has 1 aliphatic heterocycles. The van der Waals surface area contributed by atoms with Crippen LogP contribution in [0.3, 0.4) is 0 Å². The minimum atomic E-state index is -0.906. The number of benzene rings is 1. The molecule has 0 bridgehead atoms. The Bertz CT molecular complexity index is 513. The molecule has 1 N–H and O–H groups in total. The molecule has 7 nitrogen and oxygen atoms in total. The van der Waals surface area contributed by atoms with Gasteiger partial charge in [-0.05, 0) is 31.5 Å². The van der Waals surface area contributed by atoms with E-state index in [1.165, 1.54) is 6.92 Å². The van der Waals surface area contributed by atoms with E-state index < -0.39 is 18.0 Å². The summed E-state index contributed by atoms with van der Waals surface area (Å²) >= 11 is 0. The van der Waals surface area contributed by atoms with E-state index in [1.54, 1.807) is 25.1 Å². The maximum atomic E-state index is 11.7. The third-order valence-electron chi connectivity index (χ3n) is 2.71. The van der Waals surface area contributed by atoms with Crippen molar-refractivity contribution in [3.8, 4) is 11.5 Å². The van der Waals surface area contributed by atoms with Crippen LogP contribution in [0.15, 0.2) is 18.2 Å². The number of fused-ring (bicyclic) bond motifs is 1. The van der Waals surface area contributed by atoms with Gasteiger partial charge < -0.3 is 24.1 Å². The molecule has 0 saturated carbocycles. The molecule has 0 fully saturated rings. The highest BCUT2D eigenvalue weighted by molar-refractivity contribution is 5.80. The van der Waals surface area contributed by atoms with E-state index in [0.717, 1.165) is 12.7 Å². The van der Waals surface area contributed by atoms with Gasteiger partial charge in [-0.1, -0.05) is 6.07 Å². The zero-order chi connectivity index (χ0) is 16.5. The standard InChI is InChI=1S/C14H16O6.CH4O/c1-3-17-14(16)9(2)20-13(15)7-10-4-5-11-12(6-10)19-8-18-11;1-2/h4-6,9H,3,7-8H2,1-2H3;2H,1H3/t9-;/m0./s1. The molecular formula is C15H20O7. The molecule has 7 heteroatoms. The van der Waals surface area contributed by atoms with Crippen molar-refractivity contribution in [3.05, 3.63) is 23.8 Å². The van der Waals surface area contributed by atoms with Crippen molar-refractivity contribution in [2.24, 2.45) is 0 Å². The van der Waals surface area contributed by atoms with Gasteiger partial charge in [0.25, 0.3) is 0 Å². The molecule has 0 unspecified atom stereocenters. The second-order valence-corrected chi connectivity index (χ2v) is 4.25. The number of hydrogen-bond acceptors (Lipinski definition) is 7. The van der Waals surface area contributed by atoms with Crippen LogP contribution in [0.5, 0.6) is 11.5 Å². The highest BCUT2D eigenvalue weighted by atomic mass is 16.7. The largest absolute Gasteiger partial charge is 0.463 e. The highest BCUT2D eigenvalue weighted by Gasteiger charge is 2.20. The van der Waals surface area contributed by atoms with Crippen LogP contribution < -0.4 is 9.47 Å². The van der Waals surface area contributed by atoms with Gasteiger partial charge in [-0.25, -0.2) is 4.79 Å². The SMILES string of the molecule is CCOC(=O)[C@H](C)OC(=O)Cc1ccc2c(c1)OCO2.CO. The first-order valence-corrected chi connectivity index (χ1v) is 6.79. The van der Waals surface area contributed by atoms with E-state index in [-0.39, 0.29) is 19.8 Å². The molecule has 0 spiro atoms. The number of carbonyl (C=O) groups excluding carboxylic acids is 2. The van der Waals surface area contributed by atoms with E-state index in [1.807, 2.05) is 0 Å². The Hall–Kier alpha value is -2.28. The molecule has 122 valence electrons. The van der Waals surface area contributed by atoms with E-state index in [0.29, 0.717) is 11.5 Å². The summed E-state index contributed by atoms with van der Waals surface area (Å²) in [5.41, 5.74) is 0.732. The lowest BCUT2D eigenvalue weighted by molar-refractivity contribution is -0.165. The van der Waals surface area contributed by atoms with Crippen LogP contribution in [0.1, 0.15) is 19.4 Å². The van der Waals surface area contributed by atoms with E-state index in [2.05, 4.69) is 0 Å². The molecule has 0 aromatic heterocycles. The fourth-order valence-electron chi connectivity index (χ4n) is 1.76. The Labute approximate surface area is 128 Å². The molecule has 0 amide bonds. The fourth-order valence-corrected chi connectivity index (χ4v) is 1.76. The minimum Gasteiger partial charge on any atom is -0.463 e. The third-order valence-corrected chi connectivity index (χ3v) is 2.71. The normalized spacial score (nSPS) is 12.7. The van der Waals surface area contributed by atoms with E-state index >= 15 is 0 Å². The minimum absolute atomic E-state index is 0.0559. The zero-order valence-electron chi connectivity index (χ0n) is 12.8. The Balaban J connectivity index is 0.00000116. The maximum Gasteiger partial charge on any atom is 0.347 e. The van der Waals surface area contributed by atoms with Gasteiger partial charge in [0.2, 0.25) is 6.79 Å². The topological polar surface area (TPSA) is 91.3 Å². The first-order chi connectivity index (χ1) is 10.6. The second kappa shape index (κ2) is 8.89. The summed E-state index contributed by atoms with van der Waals surface area (Å²) in [6.07, 6.45) is -0.850. The molecule has 0 radical (unpaired) electrons. The lowest BCUT2D eigenvalue weighted by atomic mass is 10.1. The lowest BCUT2D eigenvalue weighted by Gasteiger charge is -2.12. The third kappa shape index (κ3) is 4.92. The summed E-state index contributed by atoms with van der Waals surface area (Å²) in [4.78, 5) is 23.1. The number of rotatable bonds is 5. The molecular weight excluding hydrogens is 292 g/mol. The number of aliphatic hydroxyl groups is 1. The highest BCUT2D eigenvalue weighted by Crippen LogP contribution is 2.32. The van der Waals surface area contributed by atoms with Crippen molar-refractivity contribution in [3.63, 3.8) is 0 Å². The first kappa shape index (κ1) is 17.8. The number of hydrogen-bond donors (Lipinski definition) is 1. The summed E-state index contributed by atoms with van der Waals surface area (Å²) in [6.45, 7) is 3.61. The molecule has 1 heterocycles. The van der Waals surface area contributed by atoms with Crippen LogP contribution in [0, 0.1) is 0 Å². The second-order valence-electron chi connectivity index (χ2n) is 4.25. The summed E-state index contributed by atoms with van der Waals surface area (Å²) in [6, 6.07) is 5.21. The van der Waals surface area contributed by atoms with E-state index in [4.69, 9.17) is 24.1 Å². The number of esters is 2. The van der Waals surface area contributed by atoms with Crippen LogP contribution in [0.2, 0.25) is 0 Å². The monoisotopic (exact) mass is 312 g/mol. The van der Waals surface area contributed by atoms with Crippen molar-refractivity contribution in [2.45, 2.75) is 26.4 Å². The fraction of sp³-hybridized carbons (Fsp3) is 0.467. The average Bonchev–Trinajstić information content (AvgIpc) is 2.97. The Morgan fingerprint density at radius 3 is 2.64 bits per heavy atom. The van der Waals surface area contributed by atoms with Gasteiger partial charge in [0.1, 0.15) is 0 Å². The molecule has 1 aromatic rings. The Morgan fingerprint density at radius 2 is 1.95 bits per heavy atom.